The molecule has 4 rings (SSSR count). The summed E-state index contributed by atoms with van der Waals surface area (Å²) in [5, 5.41) is 0.721. The van der Waals surface area contributed by atoms with E-state index in [9.17, 15) is 0 Å². The zero-order valence-corrected chi connectivity index (χ0v) is 19.6. The Morgan fingerprint density at radius 1 is 1.03 bits per heavy atom. The van der Waals surface area contributed by atoms with Crippen LogP contribution in [0.5, 0.6) is 11.5 Å². The molecular weight excluding hydrogens is 404 g/mol. The molecule has 0 saturated heterocycles. The molecule has 0 fully saturated rings. The highest BCUT2D eigenvalue weighted by atomic mass is 35.5. The predicted molar refractivity (Wildman–Crippen MR) is 132 cm³/mol. The Morgan fingerprint density at radius 3 is 2.29 bits per heavy atom. The van der Waals surface area contributed by atoms with E-state index in [0.29, 0.717) is 5.92 Å². The molecule has 0 aromatic heterocycles. The van der Waals surface area contributed by atoms with Gasteiger partial charge >= 0.3 is 0 Å². The number of anilines is 1. The van der Waals surface area contributed by atoms with E-state index in [0.717, 1.165) is 34.2 Å². The first-order valence-corrected chi connectivity index (χ1v) is 11.1. The minimum atomic E-state index is 0.119. The number of nitrogens with zero attached hydrogens (tertiary/aromatic N) is 2. The molecule has 0 spiro atoms. The van der Waals surface area contributed by atoms with Crippen LogP contribution in [0.15, 0.2) is 65.7 Å². The molecule has 160 valence electrons. The van der Waals surface area contributed by atoms with Crippen LogP contribution in [0, 0.1) is 6.92 Å². The monoisotopic (exact) mass is 432 g/mol. The van der Waals surface area contributed by atoms with E-state index >= 15 is 0 Å². The minimum Gasteiger partial charge on any atom is -0.457 e. The number of fused-ring (bicyclic) bond motifs is 1. The fraction of sp³-hybridized carbons (Fsp3) is 0.296. The maximum absolute atomic E-state index is 6.62. The highest BCUT2D eigenvalue weighted by Gasteiger charge is 2.34. The summed E-state index contributed by atoms with van der Waals surface area (Å²) >= 11 is 6.62. The molecule has 3 aromatic rings. The Balaban J connectivity index is 1.52. The molecule has 0 radical (unpaired) electrons. The summed E-state index contributed by atoms with van der Waals surface area (Å²) in [5.41, 5.74) is 5.67. The van der Waals surface area contributed by atoms with Crippen LogP contribution in [0.3, 0.4) is 0 Å². The molecule has 1 aliphatic heterocycles. The Bertz CT molecular complexity index is 1100. The second kappa shape index (κ2) is 8.39. The van der Waals surface area contributed by atoms with E-state index in [2.05, 4.69) is 56.8 Å². The first kappa shape index (κ1) is 21.5. The highest BCUT2D eigenvalue weighted by Crippen LogP contribution is 2.44. The van der Waals surface area contributed by atoms with Gasteiger partial charge in [-0.1, -0.05) is 36.2 Å². The molecule has 4 heteroatoms. The third kappa shape index (κ3) is 4.62. The molecule has 1 heterocycles. The Morgan fingerprint density at radius 2 is 1.65 bits per heavy atom. The molecule has 3 nitrogen and oxygen atoms in total. The molecule has 0 bridgehead atoms. The van der Waals surface area contributed by atoms with Gasteiger partial charge in [0.25, 0.3) is 0 Å². The average Bonchev–Trinajstić information content (AvgIpc) is 2.73. The van der Waals surface area contributed by atoms with Gasteiger partial charge in [-0.15, -0.1) is 0 Å². The topological polar surface area (TPSA) is 24.8 Å². The van der Waals surface area contributed by atoms with Crippen molar-refractivity contribution >= 4 is 29.2 Å². The Kier molecular flexibility index (Phi) is 5.81. The van der Waals surface area contributed by atoms with Gasteiger partial charge in [-0.25, -0.2) is 0 Å². The van der Waals surface area contributed by atoms with Gasteiger partial charge in [0.1, 0.15) is 11.5 Å². The van der Waals surface area contributed by atoms with Crippen molar-refractivity contribution in [1.29, 1.82) is 0 Å². The number of rotatable bonds is 4. The predicted octanol–water partition coefficient (Wildman–Crippen LogP) is 7.91. The normalized spacial score (nSPS) is 17.6. The second-order valence-corrected chi connectivity index (χ2v) is 9.48. The smallest absolute Gasteiger partial charge is 0.127 e. The van der Waals surface area contributed by atoms with Crippen molar-refractivity contribution in [3.8, 4) is 11.5 Å². The number of halogens is 1. The summed E-state index contributed by atoms with van der Waals surface area (Å²) in [5.74, 6) is 2.09. The summed E-state index contributed by atoms with van der Waals surface area (Å²) in [7, 11) is 2.15. The van der Waals surface area contributed by atoms with Crippen molar-refractivity contribution in [3.63, 3.8) is 0 Å². The van der Waals surface area contributed by atoms with Crippen LogP contribution in [0.4, 0.5) is 11.4 Å². The van der Waals surface area contributed by atoms with Gasteiger partial charge in [0.2, 0.25) is 0 Å². The zero-order valence-electron chi connectivity index (χ0n) is 18.8. The maximum atomic E-state index is 6.62. The lowest BCUT2D eigenvalue weighted by Crippen LogP contribution is -2.45. The van der Waals surface area contributed by atoms with Gasteiger partial charge in [0.15, 0.2) is 0 Å². The number of benzene rings is 3. The third-order valence-electron chi connectivity index (χ3n) is 6.20. The lowest BCUT2D eigenvalue weighted by atomic mass is 9.80. The van der Waals surface area contributed by atoms with E-state index in [1.54, 1.807) is 0 Å². The van der Waals surface area contributed by atoms with Crippen molar-refractivity contribution < 1.29 is 4.74 Å². The number of hydrogen-bond acceptors (Lipinski definition) is 3. The van der Waals surface area contributed by atoms with Gasteiger partial charge in [-0.3, -0.25) is 4.99 Å². The number of ether oxygens (including phenoxy) is 1. The minimum absolute atomic E-state index is 0.119. The van der Waals surface area contributed by atoms with Crippen molar-refractivity contribution in [3.05, 3.63) is 82.4 Å². The fourth-order valence-corrected chi connectivity index (χ4v) is 4.40. The van der Waals surface area contributed by atoms with E-state index in [-0.39, 0.29) is 5.54 Å². The van der Waals surface area contributed by atoms with Crippen LogP contribution < -0.4 is 9.64 Å². The van der Waals surface area contributed by atoms with Crippen molar-refractivity contribution in [1.82, 2.24) is 0 Å². The molecule has 0 N–H and O–H groups in total. The van der Waals surface area contributed by atoms with Crippen molar-refractivity contribution in [2.75, 3.05) is 11.9 Å². The Hall–Kier alpha value is -2.78. The molecule has 31 heavy (non-hydrogen) atoms. The highest BCUT2D eigenvalue weighted by molar-refractivity contribution is 6.33. The van der Waals surface area contributed by atoms with Crippen LogP contribution in [0.25, 0.3) is 0 Å². The molecule has 1 atom stereocenters. The molecule has 1 unspecified atom stereocenters. The second-order valence-electron chi connectivity index (χ2n) is 9.08. The SMILES string of the molecule is Cc1ccc(Oc2ccc(N=Cc3cc4c(cc3Cl)N(C)C(C)(C)CC4C)cc2)cc1. The van der Waals surface area contributed by atoms with Crippen molar-refractivity contribution in [2.45, 2.75) is 45.6 Å². The number of aryl methyl sites for hydroxylation is 1. The van der Waals surface area contributed by atoms with Crippen LogP contribution >= 0.6 is 11.6 Å². The van der Waals surface area contributed by atoms with Gasteiger partial charge < -0.3 is 9.64 Å². The third-order valence-corrected chi connectivity index (χ3v) is 6.53. The largest absolute Gasteiger partial charge is 0.457 e. The summed E-state index contributed by atoms with van der Waals surface area (Å²) in [6.07, 6.45) is 2.96. The fourth-order valence-electron chi connectivity index (χ4n) is 4.19. The van der Waals surface area contributed by atoms with Crippen LogP contribution in [-0.4, -0.2) is 18.8 Å². The van der Waals surface area contributed by atoms with Crippen molar-refractivity contribution in [2.24, 2.45) is 4.99 Å². The Labute approximate surface area is 190 Å². The van der Waals surface area contributed by atoms with Crippen LogP contribution in [0.2, 0.25) is 5.02 Å². The molecule has 0 aliphatic carbocycles. The summed E-state index contributed by atoms with van der Waals surface area (Å²) < 4.78 is 5.89. The quantitative estimate of drug-likeness (QED) is 0.391. The van der Waals surface area contributed by atoms with Crippen LogP contribution in [0.1, 0.15) is 49.8 Å². The molecule has 0 saturated carbocycles. The van der Waals surface area contributed by atoms with Gasteiger partial charge in [0.05, 0.1) is 10.7 Å². The first-order chi connectivity index (χ1) is 14.7. The molecule has 3 aromatic carbocycles. The summed E-state index contributed by atoms with van der Waals surface area (Å²) in [6.45, 7) is 8.91. The van der Waals surface area contributed by atoms with Gasteiger partial charge in [-0.05, 0) is 87.2 Å². The van der Waals surface area contributed by atoms with Gasteiger partial charge in [-0.2, -0.15) is 0 Å². The standard InChI is InChI=1S/C27H29ClN2O/c1-18-6-10-22(11-7-18)31-23-12-8-21(9-13-23)29-17-20-14-24-19(2)16-27(3,4)30(5)26(24)15-25(20)28/h6-15,17,19H,16H2,1-5H3. The summed E-state index contributed by atoms with van der Waals surface area (Å²) in [6, 6.07) is 20.0. The van der Waals surface area contributed by atoms with Gasteiger partial charge in [0, 0.05) is 30.1 Å². The lowest BCUT2D eigenvalue weighted by Gasteiger charge is -2.45. The van der Waals surface area contributed by atoms with Crippen LogP contribution in [-0.2, 0) is 0 Å². The van der Waals surface area contributed by atoms with E-state index in [4.69, 9.17) is 16.3 Å². The number of aliphatic imine (C=N–C) groups is 1. The molecule has 0 amide bonds. The molecule has 1 aliphatic rings. The lowest BCUT2D eigenvalue weighted by molar-refractivity contribution is 0.395. The molecular formula is C27H29ClN2O. The van der Waals surface area contributed by atoms with E-state index in [1.807, 2.05) is 54.7 Å². The number of hydrogen-bond donors (Lipinski definition) is 0. The van der Waals surface area contributed by atoms with E-state index < -0.39 is 0 Å². The first-order valence-electron chi connectivity index (χ1n) is 10.7. The maximum Gasteiger partial charge on any atom is 0.127 e. The summed E-state index contributed by atoms with van der Waals surface area (Å²) in [4.78, 5) is 6.98. The zero-order chi connectivity index (χ0) is 22.2. The average molecular weight is 433 g/mol. The van der Waals surface area contributed by atoms with E-state index in [1.165, 1.54) is 16.8 Å².